The highest BCUT2D eigenvalue weighted by Gasteiger charge is 2.13. The van der Waals surface area contributed by atoms with Crippen molar-refractivity contribution in [2.45, 2.75) is 6.54 Å². The minimum Gasteiger partial charge on any atom is -0.378 e. The number of amides is 1. The normalized spacial score (nSPS) is 10.6. The summed E-state index contributed by atoms with van der Waals surface area (Å²) in [7, 11) is 0. The highest BCUT2D eigenvalue weighted by Crippen LogP contribution is 2.20. The van der Waals surface area contributed by atoms with E-state index in [1.165, 1.54) is 12.1 Å². The van der Waals surface area contributed by atoms with Crippen LogP contribution in [0.1, 0.15) is 16.2 Å². The van der Waals surface area contributed by atoms with Gasteiger partial charge in [-0.3, -0.25) is 10.0 Å². The van der Waals surface area contributed by atoms with Crippen LogP contribution in [0.4, 0.5) is 10.1 Å². The lowest BCUT2D eigenvalue weighted by atomic mass is 10.2. The highest BCUT2D eigenvalue weighted by atomic mass is 19.1. The first-order valence-corrected chi connectivity index (χ1v) is 9.20. The molecular weight excluding hydrogens is 385 g/mol. The van der Waals surface area contributed by atoms with Crippen molar-refractivity contribution < 1.29 is 14.4 Å². The summed E-state index contributed by atoms with van der Waals surface area (Å²) in [6.07, 6.45) is 0. The largest absolute Gasteiger partial charge is 0.378 e. The average Bonchev–Trinajstić information content (AvgIpc) is 3.23. The van der Waals surface area contributed by atoms with Crippen molar-refractivity contribution in [3.8, 4) is 17.1 Å². The molecule has 1 heterocycles. The van der Waals surface area contributed by atoms with Crippen LogP contribution in [0, 0.1) is 5.82 Å². The maximum Gasteiger partial charge on any atom is 0.274 e. The number of carbonyl (C=O) groups excluding carboxylic acids is 1. The number of benzene rings is 3. The Kier molecular flexibility index (Phi) is 5.49. The van der Waals surface area contributed by atoms with E-state index < -0.39 is 5.91 Å². The average molecular weight is 403 g/mol. The maximum atomic E-state index is 13.4. The molecule has 0 saturated carbocycles. The van der Waals surface area contributed by atoms with E-state index >= 15 is 0 Å². The fourth-order valence-corrected chi connectivity index (χ4v) is 2.94. The molecule has 30 heavy (non-hydrogen) atoms. The Balaban J connectivity index is 1.61. The molecule has 3 N–H and O–H groups in total. The summed E-state index contributed by atoms with van der Waals surface area (Å²) in [5, 5.41) is 16.5. The van der Waals surface area contributed by atoms with Gasteiger partial charge in [0, 0.05) is 16.8 Å². The summed E-state index contributed by atoms with van der Waals surface area (Å²) >= 11 is 0. The number of carbonyl (C=O) groups is 1. The van der Waals surface area contributed by atoms with Gasteiger partial charge in [-0.25, -0.2) is 19.5 Å². The van der Waals surface area contributed by atoms with Crippen LogP contribution < -0.4 is 10.8 Å². The molecule has 150 valence electrons. The number of anilines is 1. The van der Waals surface area contributed by atoms with Gasteiger partial charge in [0.25, 0.3) is 5.91 Å². The van der Waals surface area contributed by atoms with Gasteiger partial charge in [-0.1, -0.05) is 30.3 Å². The van der Waals surface area contributed by atoms with Crippen LogP contribution in [0.25, 0.3) is 17.1 Å². The van der Waals surface area contributed by atoms with Gasteiger partial charge in [0.05, 0.1) is 12.2 Å². The van der Waals surface area contributed by atoms with E-state index in [2.05, 4.69) is 15.4 Å². The van der Waals surface area contributed by atoms with E-state index in [-0.39, 0.29) is 5.82 Å². The first-order chi connectivity index (χ1) is 14.6. The van der Waals surface area contributed by atoms with E-state index in [0.717, 1.165) is 11.3 Å². The van der Waals surface area contributed by atoms with Crippen molar-refractivity contribution in [2.75, 3.05) is 5.32 Å². The third kappa shape index (κ3) is 4.18. The van der Waals surface area contributed by atoms with Gasteiger partial charge in [-0.2, -0.15) is 0 Å². The van der Waals surface area contributed by atoms with Gasteiger partial charge < -0.3 is 5.32 Å². The van der Waals surface area contributed by atoms with Crippen molar-refractivity contribution >= 4 is 11.6 Å². The van der Waals surface area contributed by atoms with Crippen LogP contribution in [-0.4, -0.2) is 25.9 Å². The predicted molar refractivity (Wildman–Crippen MR) is 110 cm³/mol. The highest BCUT2D eigenvalue weighted by molar-refractivity contribution is 5.93. The molecule has 3 aromatic carbocycles. The second-order valence-corrected chi connectivity index (χ2v) is 6.48. The van der Waals surface area contributed by atoms with Crippen molar-refractivity contribution in [2.24, 2.45) is 0 Å². The molecule has 4 aromatic rings. The van der Waals surface area contributed by atoms with Crippen molar-refractivity contribution in [1.82, 2.24) is 20.2 Å². The molecule has 4 rings (SSSR count). The van der Waals surface area contributed by atoms with Crippen LogP contribution in [-0.2, 0) is 6.54 Å². The molecule has 0 unspecified atom stereocenters. The molecule has 0 aliphatic rings. The Morgan fingerprint density at radius 1 is 0.967 bits per heavy atom. The number of halogens is 1. The summed E-state index contributed by atoms with van der Waals surface area (Å²) in [4.78, 5) is 16.1. The second kappa shape index (κ2) is 8.54. The first-order valence-electron chi connectivity index (χ1n) is 9.20. The van der Waals surface area contributed by atoms with E-state index in [1.807, 2.05) is 30.3 Å². The van der Waals surface area contributed by atoms with Crippen LogP contribution >= 0.6 is 0 Å². The standard InChI is InChI=1S/C22H18FN5O2/c23-17-8-12-19(13-9-17)28-20(25-21(26-28)15-4-2-1-3-5-15)14-24-18-10-6-16(7-11-18)22(29)27-30/h1-13,24,30H,14H2,(H,27,29). The molecule has 0 fully saturated rings. The van der Waals surface area contributed by atoms with Crippen molar-refractivity contribution in [1.29, 1.82) is 0 Å². The zero-order chi connectivity index (χ0) is 20.9. The lowest BCUT2D eigenvalue weighted by Gasteiger charge is -2.09. The van der Waals surface area contributed by atoms with Crippen molar-refractivity contribution in [3.63, 3.8) is 0 Å². The number of aromatic nitrogens is 3. The van der Waals surface area contributed by atoms with E-state index in [0.29, 0.717) is 29.4 Å². The van der Waals surface area contributed by atoms with E-state index in [9.17, 15) is 9.18 Å². The summed E-state index contributed by atoms with van der Waals surface area (Å²) in [6, 6.07) is 22.3. The zero-order valence-corrected chi connectivity index (χ0v) is 15.8. The van der Waals surface area contributed by atoms with Crippen molar-refractivity contribution in [3.05, 3.63) is 96.1 Å². The van der Waals surface area contributed by atoms with Gasteiger partial charge in [0.15, 0.2) is 11.6 Å². The Labute approximate surface area is 171 Å². The molecule has 1 aromatic heterocycles. The first kappa shape index (κ1) is 19.3. The molecule has 0 saturated heterocycles. The fraction of sp³-hybridized carbons (Fsp3) is 0.0455. The van der Waals surface area contributed by atoms with Gasteiger partial charge in [0.2, 0.25) is 0 Å². The SMILES string of the molecule is O=C(NO)c1ccc(NCc2nc(-c3ccccc3)nn2-c2ccc(F)cc2)cc1. The quantitative estimate of drug-likeness (QED) is 0.336. The monoisotopic (exact) mass is 403 g/mol. The third-order valence-corrected chi connectivity index (χ3v) is 4.48. The Bertz CT molecular complexity index is 1140. The fourth-order valence-electron chi connectivity index (χ4n) is 2.94. The van der Waals surface area contributed by atoms with Gasteiger partial charge in [0.1, 0.15) is 5.82 Å². The molecule has 8 heteroatoms. The van der Waals surface area contributed by atoms with E-state index in [1.54, 1.807) is 46.6 Å². The predicted octanol–water partition coefficient (Wildman–Crippen LogP) is 3.80. The molecule has 0 aliphatic carbocycles. The summed E-state index contributed by atoms with van der Waals surface area (Å²) < 4.78 is 15.0. The van der Waals surface area contributed by atoms with Gasteiger partial charge in [-0.05, 0) is 48.5 Å². The van der Waals surface area contributed by atoms with Crippen LogP contribution in [0.5, 0.6) is 0 Å². The smallest absolute Gasteiger partial charge is 0.274 e. The molecule has 0 atom stereocenters. The minimum atomic E-state index is -0.579. The lowest BCUT2D eigenvalue weighted by Crippen LogP contribution is -2.18. The van der Waals surface area contributed by atoms with Gasteiger partial charge >= 0.3 is 0 Å². The maximum absolute atomic E-state index is 13.4. The topological polar surface area (TPSA) is 92.1 Å². The number of hydroxylamine groups is 1. The minimum absolute atomic E-state index is 0.325. The molecule has 0 aliphatic heterocycles. The molecule has 1 amide bonds. The lowest BCUT2D eigenvalue weighted by molar-refractivity contribution is 0.0706. The van der Waals surface area contributed by atoms with Crippen LogP contribution in [0.2, 0.25) is 0 Å². The van der Waals surface area contributed by atoms with Crippen LogP contribution in [0.15, 0.2) is 78.9 Å². The molecule has 0 radical (unpaired) electrons. The molecule has 7 nitrogen and oxygen atoms in total. The van der Waals surface area contributed by atoms with E-state index in [4.69, 9.17) is 5.21 Å². The van der Waals surface area contributed by atoms with Gasteiger partial charge in [-0.15, -0.1) is 5.10 Å². The summed E-state index contributed by atoms with van der Waals surface area (Å²) in [5.41, 5.74) is 4.27. The Hall–Kier alpha value is -4.04. The second-order valence-electron chi connectivity index (χ2n) is 6.48. The zero-order valence-electron chi connectivity index (χ0n) is 15.8. The molecule has 0 spiro atoms. The number of rotatable bonds is 6. The molecule has 0 bridgehead atoms. The Morgan fingerprint density at radius 2 is 1.67 bits per heavy atom. The summed E-state index contributed by atoms with van der Waals surface area (Å²) in [6.45, 7) is 0.350. The summed E-state index contributed by atoms with van der Waals surface area (Å²) in [5.74, 6) is 0.295. The third-order valence-electron chi connectivity index (χ3n) is 4.48. The number of nitrogens with zero attached hydrogens (tertiary/aromatic N) is 3. The van der Waals surface area contributed by atoms with Crippen LogP contribution in [0.3, 0.4) is 0 Å². The number of hydrogen-bond donors (Lipinski definition) is 3. The molecular formula is C22H18FN5O2. The number of hydrogen-bond acceptors (Lipinski definition) is 5. The Morgan fingerprint density at radius 3 is 2.33 bits per heavy atom. The number of nitrogens with one attached hydrogen (secondary N) is 2.